The molecule has 0 saturated heterocycles. The van der Waals surface area contributed by atoms with Gasteiger partial charge in [-0.05, 0) is 17.5 Å². The molecule has 1 rings (SSSR count). The molecule has 0 spiro atoms. The van der Waals surface area contributed by atoms with Crippen molar-refractivity contribution in [2.75, 3.05) is 5.33 Å². The number of rotatable bonds is 4. The number of halogens is 1. The van der Waals surface area contributed by atoms with Crippen LogP contribution in [-0.4, -0.2) is 11.6 Å². The van der Waals surface area contributed by atoms with E-state index in [1.54, 1.807) is 0 Å². The van der Waals surface area contributed by atoms with Gasteiger partial charge in [0.1, 0.15) is 6.29 Å². The number of hydrogen-bond acceptors (Lipinski definition) is 1. The van der Waals surface area contributed by atoms with E-state index in [1.807, 2.05) is 12.1 Å². The van der Waals surface area contributed by atoms with Gasteiger partial charge in [-0.1, -0.05) is 40.2 Å². The smallest absolute Gasteiger partial charge is 0.124 e. The van der Waals surface area contributed by atoms with Gasteiger partial charge in [-0.2, -0.15) is 0 Å². The van der Waals surface area contributed by atoms with Crippen molar-refractivity contribution in [1.82, 2.24) is 0 Å². The summed E-state index contributed by atoms with van der Waals surface area (Å²) in [6.07, 6.45) is 2.50. The van der Waals surface area contributed by atoms with Gasteiger partial charge < -0.3 is 4.79 Å². The van der Waals surface area contributed by atoms with E-state index in [2.05, 4.69) is 28.1 Å². The van der Waals surface area contributed by atoms with E-state index in [9.17, 15) is 4.79 Å². The van der Waals surface area contributed by atoms with Crippen LogP contribution in [0.4, 0.5) is 0 Å². The molecular formula is C10H11BrO. The third kappa shape index (κ3) is 2.78. The summed E-state index contributed by atoms with van der Waals surface area (Å²) in [6.45, 7) is 0. The quantitative estimate of drug-likeness (QED) is 0.570. The van der Waals surface area contributed by atoms with E-state index in [0.717, 1.165) is 23.6 Å². The predicted molar refractivity (Wildman–Crippen MR) is 53.7 cm³/mol. The lowest BCUT2D eigenvalue weighted by Crippen LogP contribution is -1.88. The molecule has 1 nitrogen and oxygen atoms in total. The first-order valence-corrected chi connectivity index (χ1v) is 5.06. The molecule has 0 heterocycles. The Hall–Kier alpha value is -0.630. The molecule has 0 amide bonds. The van der Waals surface area contributed by atoms with Gasteiger partial charge in [0, 0.05) is 11.8 Å². The van der Waals surface area contributed by atoms with Crippen molar-refractivity contribution in [1.29, 1.82) is 0 Å². The molecule has 1 aromatic carbocycles. The van der Waals surface area contributed by atoms with Gasteiger partial charge in [-0.15, -0.1) is 0 Å². The maximum atomic E-state index is 10.2. The molecule has 0 saturated carbocycles. The molecule has 0 radical (unpaired) electrons. The summed E-state index contributed by atoms with van der Waals surface area (Å²) in [7, 11) is 0. The Morgan fingerprint density at radius 3 is 2.25 bits per heavy atom. The van der Waals surface area contributed by atoms with Crippen molar-refractivity contribution in [3.63, 3.8) is 0 Å². The minimum atomic E-state index is 0.522. The van der Waals surface area contributed by atoms with Gasteiger partial charge in [-0.3, -0.25) is 0 Å². The summed E-state index contributed by atoms with van der Waals surface area (Å²) in [5, 5.41) is 0.986. The van der Waals surface area contributed by atoms with Crippen LogP contribution in [0.25, 0.3) is 0 Å². The highest BCUT2D eigenvalue weighted by Crippen LogP contribution is 2.06. The van der Waals surface area contributed by atoms with Crippen LogP contribution in [0.1, 0.15) is 11.1 Å². The zero-order chi connectivity index (χ0) is 8.81. The molecule has 0 N–H and O–H groups in total. The van der Waals surface area contributed by atoms with Crippen molar-refractivity contribution in [3.8, 4) is 0 Å². The summed E-state index contributed by atoms with van der Waals surface area (Å²) in [4.78, 5) is 10.2. The van der Waals surface area contributed by atoms with Gasteiger partial charge in [-0.25, -0.2) is 0 Å². The van der Waals surface area contributed by atoms with Gasteiger partial charge in [0.05, 0.1) is 0 Å². The van der Waals surface area contributed by atoms with E-state index in [0.29, 0.717) is 6.42 Å². The monoisotopic (exact) mass is 226 g/mol. The van der Waals surface area contributed by atoms with E-state index >= 15 is 0 Å². The minimum Gasteiger partial charge on any atom is -0.303 e. The fourth-order valence-corrected chi connectivity index (χ4v) is 1.51. The van der Waals surface area contributed by atoms with E-state index in [1.165, 1.54) is 5.56 Å². The molecule has 0 aliphatic heterocycles. The van der Waals surface area contributed by atoms with Crippen molar-refractivity contribution in [2.45, 2.75) is 12.8 Å². The first kappa shape index (κ1) is 9.46. The Morgan fingerprint density at radius 1 is 1.17 bits per heavy atom. The molecule has 0 fully saturated rings. The van der Waals surface area contributed by atoms with Crippen molar-refractivity contribution >= 4 is 22.2 Å². The molecule has 0 aromatic heterocycles. The second kappa shape index (κ2) is 5.09. The fourth-order valence-electron chi connectivity index (χ4n) is 1.05. The highest BCUT2D eigenvalue weighted by Gasteiger charge is 1.92. The second-order valence-electron chi connectivity index (χ2n) is 2.63. The first-order chi connectivity index (χ1) is 5.86. The van der Waals surface area contributed by atoms with Crippen molar-refractivity contribution in [2.24, 2.45) is 0 Å². The van der Waals surface area contributed by atoms with Crippen molar-refractivity contribution < 1.29 is 4.79 Å². The molecule has 0 aliphatic rings. The molecular weight excluding hydrogens is 216 g/mol. The largest absolute Gasteiger partial charge is 0.303 e. The summed E-state index contributed by atoms with van der Waals surface area (Å²) in [5.74, 6) is 0. The lowest BCUT2D eigenvalue weighted by molar-refractivity contribution is -0.107. The van der Waals surface area contributed by atoms with Crippen molar-refractivity contribution in [3.05, 3.63) is 35.4 Å². The standard InChI is InChI=1S/C10H11BrO/c11-7-5-9-1-3-10(4-2-9)6-8-12/h1-4,8H,5-7H2. The molecule has 0 bridgehead atoms. The van der Waals surface area contributed by atoms with Crippen LogP contribution in [0.15, 0.2) is 24.3 Å². The van der Waals surface area contributed by atoms with Crippen LogP contribution >= 0.6 is 15.9 Å². The average molecular weight is 227 g/mol. The number of aryl methyl sites for hydroxylation is 1. The van der Waals surface area contributed by atoms with E-state index < -0.39 is 0 Å². The summed E-state index contributed by atoms with van der Waals surface area (Å²) in [5.41, 5.74) is 2.39. The number of hydrogen-bond donors (Lipinski definition) is 0. The normalized spacial score (nSPS) is 9.75. The number of carbonyl (C=O) groups is 1. The predicted octanol–water partition coefficient (Wildman–Crippen LogP) is 2.37. The Bertz CT molecular complexity index is 241. The van der Waals surface area contributed by atoms with Gasteiger partial charge >= 0.3 is 0 Å². The molecule has 0 aliphatic carbocycles. The van der Waals surface area contributed by atoms with Crippen LogP contribution in [0.5, 0.6) is 0 Å². The Balaban J connectivity index is 2.64. The zero-order valence-corrected chi connectivity index (χ0v) is 8.38. The molecule has 2 heteroatoms. The fraction of sp³-hybridized carbons (Fsp3) is 0.300. The second-order valence-corrected chi connectivity index (χ2v) is 3.42. The number of aldehydes is 1. The summed E-state index contributed by atoms with van der Waals surface area (Å²) < 4.78 is 0. The van der Waals surface area contributed by atoms with Crippen LogP contribution in [0.3, 0.4) is 0 Å². The lowest BCUT2D eigenvalue weighted by atomic mass is 10.1. The van der Waals surface area contributed by atoms with E-state index in [-0.39, 0.29) is 0 Å². The third-order valence-corrected chi connectivity index (χ3v) is 2.12. The number of benzene rings is 1. The topological polar surface area (TPSA) is 17.1 Å². The molecule has 0 atom stereocenters. The highest BCUT2D eigenvalue weighted by molar-refractivity contribution is 9.09. The van der Waals surface area contributed by atoms with Gasteiger partial charge in [0.25, 0.3) is 0 Å². The zero-order valence-electron chi connectivity index (χ0n) is 6.79. The Labute approximate surface area is 80.9 Å². The average Bonchev–Trinajstić information content (AvgIpc) is 2.09. The molecule has 0 unspecified atom stereocenters. The SMILES string of the molecule is O=CCc1ccc(CCBr)cc1. The number of alkyl halides is 1. The highest BCUT2D eigenvalue weighted by atomic mass is 79.9. The molecule has 12 heavy (non-hydrogen) atoms. The van der Waals surface area contributed by atoms with Crippen LogP contribution in [0.2, 0.25) is 0 Å². The summed E-state index contributed by atoms with van der Waals surface area (Å²) >= 11 is 3.38. The van der Waals surface area contributed by atoms with Crippen LogP contribution in [0, 0.1) is 0 Å². The Kier molecular flexibility index (Phi) is 4.01. The third-order valence-electron chi connectivity index (χ3n) is 1.73. The summed E-state index contributed by atoms with van der Waals surface area (Å²) in [6, 6.07) is 8.15. The maximum absolute atomic E-state index is 10.2. The van der Waals surface area contributed by atoms with Crippen LogP contribution < -0.4 is 0 Å². The van der Waals surface area contributed by atoms with Crippen LogP contribution in [-0.2, 0) is 17.6 Å². The minimum absolute atomic E-state index is 0.522. The van der Waals surface area contributed by atoms with Gasteiger partial charge in [0.15, 0.2) is 0 Å². The molecule has 1 aromatic rings. The number of carbonyl (C=O) groups excluding carboxylic acids is 1. The van der Waals surface area contributed by atoms with Gasteiger partial charge in [0.2, 0.25) is 0 Å². The first-order valence-electron chi connectivity index (χ1n) is 3.94. The van der Waals surface area contributed by atoms with E-state index in [4.69, 9.17) is 0 Å². The lowest BCUT2D eigenvalue weighted by Gasteiger charge is -1.98. The molecule has 64 valence electrons. The maximum Gasteiger partial charge on any atom is 0.124 e. The Morgan fingerprint density at radius 2 is 1.75 bits per heavy atom.